The number of aliphatic hydroxyl groups is 1. The second-order valence-corrected chi connectivity index (χ2v) is 6.65. The molecule has 0 spiro atoms. The molecule has 1 aliphatic rings. The fourth-order valence-electron chi connectivity index (χ4n) is 2.73. The Bertz CT molecular complexity index is 660. The molecule has 0 aliphatic heterocycles. The van der Waals surface area contributed by atoms with Gasteiger partial charge in [-0.25, -0.2) is 4.39 Å². The van der Waals surface area contributed by atoms with E-state index in [2.05, 4.69) is 5.32 Å². The number of nitrogens with one attached hydrogen (secondary N) is 1. The maximum absolute atomic E-state index is 13.6. The molecular weight excluding hydrogens is 301 g/mol. The van der Waals surface area contributed by atoms with Crippen LogP contribution in [0.5, 0.6) is 0 Å². The molecule has 0 saturated carbocycles. The highest BCUT2D eigenvalue weighted by Crippen LogP contribution is 2.29. The van der Waals surface area contributed by atoms with Crippen molar-refractivity contribution in [2.45, 2.75) is 31.8 Å². The van der Waals surface area contributed by atoms with Crippen LogP contribution < -0.4 is 5.32 Å². The molecule has 116 valence electrons. The number of hydrogen-bond acceptors (Lipinski definition) is 3. The van der Waals surface area contributed by atoms with Gasteiger partial charge in [-0.1, -0.05) is 18.2 Å². The predicted molar refractivity (Wildman–Crippen MR) is 84.7 cm³/mol. The minimum absolute atomic E-state index is 0.00231. The van der Waals surface area contributed by atoms with E-state index in [4.69, 9.17) is 0 Å². The molecule has 3 nitrogen and oxygen atoms in total. The third-order valence-corrected chi connectivity index (χ3v) is 5.18. The number of thiophene rings is 1. The third-order valence-electron chi connectivity index (χ3n) is 3.94. The maximum Gasteiger partial charge on any atom is 0.261 e. The van der Waals surface area contributed by atoms with E-state index in [1.807, 2.05) is 6.07 Å². The second kappa shape index (κ2) is 6.58. The summed E-state index contributed by atoms with van der Waals surface area (Å²) >= 11 is 1.53. The number of rotatable bonds is 4. The number of aryl methyl sites for hydroxylation is 2. The Morgan fingerprint density at radius 3 is 2.86 bits per heavy atom. The summed E-state index contributed by atoms with van der Waals surface area (Å²) in [7, 11) is 0. The number of hydrogen-bond donors (Lipinski definition) is 2. The molecule has 1 aromatic carbocycles. The summed E-state index contributed by atoms with van der Waals surface area (Å²) in [4.78, 5) is 14.1. The molecule has 0 radical (unpaired) electrons. The number of benzene rings is 1. The van der Waals surface area contributed by atoms with Crippen LogP contribution in [0.25, 0.3) is 0 Å². The fraction of sp³-hybridized carbons (Fsp3) is 0.353. The largest absolute Gasteiger partial charge is 0.386 e. The smallest absolute Gasteiger partial charge is 0.261 e. The van der Waals surface area contributed by atoms with Crippen LogP contribution in [-0.4, -0.2) is 17.6 Å². The zero-order valence-electron chi connectivity index (χ0n) is 12.1. The molecule has 3 rings (SSSR count). The SMILES string of the molecule is O=C(NCC(O)c1ccccc1F)c1cc2c(s1)CCCC2. The number of amides is 1. The normalized spacial score (nSPS) is 15.2. The topological polar surface area (TPSA) is 49.3 Å². The lowest BCUT2D eigenvalue weighted by molar-refractivity contribution is 0.0918. The number of aliphatic hydroxyl groups excluding tert-OH is 1. The molecule has 2 N–H and O–H groups in total. The molecule has 0 fully saturated rings. The molecule has 1 aromatic heterocycles. The van der Waals surface area contributed by atoms with Crippen LogP contribution in [0.4, 0.5) is 4.39 Å². The van der Waals surface area contributed by atoms with Crippen LogP contribution in [0.3, 0.4) is 0 Å². The summed E-state index contributed by atoms with van der Waals surface area (Å²) in [6, 6.07) is 8.00. The first-order chi connectivity index (χ1) is 10.6. The van der Waals surface area contributed by atoms with Crippen LogP contribution in [-0.2, 0) is 12.8 Å². The van der Waals surface area contributed by atoms with Crippen LogP contribution in [0.15, 0.2) is 30.3 Å². The van der Waals surface area contributed by atoms with Crippen molar-refractivity contribution in [3.05, 3.63) is 57.0 Å². The summed E-state index contributed by atoms with van der Waals surface area (Å²) in [5.74, 6) is -0.661. The van der Waals surface area contributed by atoms with Crippen molar-refractivity contribution >= 4 is 17.2 Å². The Labute approximate surface area is 132 Å². The highest BCUT2D eigenvalue weighted by atomic mass is 32.1. The van der Waals surface area contributed by atoms with Gasteiger partial charge in [0.15, 0.2) is 0 Å². The molecule has 2 aromatic rings. The number of carbonyl (C=O) groups is 1. The van der Waals surface area contributed by atoms with E-state index in [0.717, 1.165) is 12.8 Å². The van der Waals surface area contributed by atoms with Gasteiger partial charge in [0.05, 0.1) is 11.0 Å². The molecule has 0 bridgehead atoms. The third kappa shape index (κ3) is 3.20. The van der Waals surface area contributed by atoms with Crippen molar-refractivity contribution in [3.63, 3.8) is 0 Å². The number of carbonyl (C=O) groups excluding carboxylic acids is 1. The number of fused-ring (bicyclic) bond motifs is 1. The van der Waals surface area contributed by atoms with Crippen molar-refractivity contribution in [3.8, 4) is 0 Å². The maximum atomic E-state index is 13.6. The quantitative estimate of drug-likeness (QED) is 0.909. The highest BCUT2D eigenvalue weighted by molar-refractivity contribution is 7.14. The van der Waals surface area contributed by atoms with Gasteiger partial charge in [0.2, 0.25) is 0 Å². The molecule has 1 aliphatic carbocycles. The minimum Gasteiger partial charge on any atom is -0.386 e. The first-order valence-electron chi connectivity index (χ1n) is 7.47. The van der Waals surface area contributed by atoms with Crippen molar-refractivity contribution < 1.29 is 14.3 Å². The highest BCUT2D eigenvalue weighted by Gasteiger charge is 2.18. The monoisotopic (exact) mass is 319 g/mol. The summed E-state index contributed by atoms with van der Waals surface area (Å²) < 4.78 is 13.6. The standard InChI is InChI=1S/C17H18FNO2S/c18-13-7-3-2-6-12(13)14(20)10-19-17(21)16-9-11-5-1-4-8-15(11)22-16/h2-3,6-7,9,14,20H,1,4-5,8,10H2,(H,19,21). The molecule has 1 unspecified atom stereocenters. The Balaban J connectivity index is 1.62. The lowest BCUT2D eigenvalue weighted by atomic mass is 9.99. The molecule has 1 heterocycles. The van der Waals surface area contributed by atoms with Gasteiger partial charge < -0.3 is 10.4 Å². The van der Waals surface area contributed by atoms with E-state index in [0.29, 0.717) is 4.88 Å². The number of halogens is 1. The molecule has 5 heteroatoms. The van der Waals surface area contributed by atoms with E-state index in [1.54, 1.807) is 12.1 Å². The van der Waals surface area contributed by atoms with Gasteiger partial charge in [-0.15, -0.1) is 11.3 Å². The van der Waals surface area contributed by atoms with Gasteiger partial charge in [-0.2, -0.15) is 0 Å². The van der Waals surface area contributed by atoms with Gasteiger partial charge >= 0.3 is 0 Å². The zero-order chi connectivity index (χ0) is 15.5. The van der Waals surface area contributed by atoms with Crippen LogP contribution in [0.2, 0.25) is 0 Å². The van der Waals surface area contributed by atoms with Crippen LogP contribution in [0.1, 0.15) is 44.6 Å². The van der Waals surface area contributed by atoms with E-state index >= 15 is 0 Å². The average molecular weight is 319 g/mol. The Morgan fingerprint density at radius 2 is 2.09 bits per heavy atom. The van der Waals surface area contributed by atoms with Crippen LogP contribution in [0, 0.1) is 5.82 Å². The van der Waals surface area contributed by atoms with Crippen molar-refractivity contribution in [2.75, 3.05) is 6.54 Å². The summed E-state index contributed by atoms with van der Waals surface area (Å²) in [5.41, 5.74) is 1.48. The van der Waals surface area contributed by atoms with Gasteiger partial charge in [-0.3, -0.25) is 4.79 Å². The summed E-state index contributed by atoms with van der Waals surface area (Å²) in [5, 5.41) is 12.7. The van der Waals surface area contributed by atoms with E-state index in [-0.39, 0.29) is 18.0 Å². The van der Waals surface area contributed by atoms with E-state index in [9.17, 15) is 14.3 Å². The van der Waals surface area contributed by atoms with Gasteiger partial charge in [0.1, 0.15) is 5.82 Å². The van der Waals surface area contributed by atoms with E-state index in [1.165, 1.54) is 46.8 Å². The molecule has 0 saturated heterocycles. The average Bonchev–Trinajstić information content (AvgIpc) is 2.97. The first kappa shape index (κ1) is 15.2. The summed E-state index contributed by atoms with van der Waals surface area (Å²) in [6.45, 7) is 0.00231. The predicted octanol–water partition coefficient (Wildman–Crippen LogP) is 3.23. The van der Waals surface area contributed by atoms with Crippen molar-refractivity contribution in [1.29, 1.82) is 0 Å². The molecule has 1 amide bonds. The van der Waals surface area contributed by atoms with Gasteiger partial charge in [-0.05, 0) is 43.4 Å². The van der Waals surface area contributed by atoms with Gasteiger partial charge in [0.25, 0.3) is 5.91 Å². The van der Waals surface area contributed by atoms with Gasteiger partial charge in [0, 0.05) is 17.0 Å². The van der Waals surface area contributed by atoms with Crippen LogP contribution >= 0.6 is 11.3 Å². The summed E-state index contributed by atoms with van der Waals surface area (Å²) in [6.07, 6.45) is 3.40. The Kier molecular flexibility index (Phi) is 4.55. The van der Waals surface area contributed by atoms with E-state index < -0.39 is 11.9 Å². The minimum atomic E-state index is -1.04. The van der Waals surface area contributed by atoms with Crippen molar-refractivity contribution in [1.82, 2.24) is 5.32 Å². The van der Waals surface area contributed by atoms with Crippen molar-refractivity contribution in [2.24, 2.45) is 0 Å². The Hall–Kier alpha value is -1.72. The molecule has 1 atom stereocenters. The fourth-order valence-corrected chi connectivity index (χ4v) is 3.90. The lowest BCUT2D eigenvalue weighted by Crippen LogP contribution is -2.28. The molecular formula is C17H18FNO2S. The second-order valence-electron chi connectivity index (χ2n) is 5.51. The zero-order valence-corrected chi connectivity index (χ0v) is 13.0. The molecule has 22 heavy (non-hydrogen) atoms. The first-order valence-corrected chi connectivity index (χ1v) is 8.29. The Morgan fingerprint density at radius 1 is 1.32 bits per heavy atom. The lowest BCUT2D eigenvalue weighted by Gasteiger charge is -2.12.